The summed E-state index contributed by atoms with van der Waals surface area (Å²) in [5.41, 5.74) is 0.856. The first-order valence-electron chi connectivity index (χ1n) is 8.10. The highest BCUT2D eigenvalue weighted by atomic mass is 32.2. The topological polar surface area (TPSA) is 66.4 Å². The first-order chi connectivity index (χ1) is 12.0. The Kier molecular flexibility index (Phi) is 5.39. The Balaban J connectivity index is 1.66. The molecular weight excluding hydrogens is 356 g/mol. The molecule has 6 nitrogen and oxygen atoms in total. The quantitative estimate of drug-likeness (QED) is 0.572. The van der Waals surface area contributed by atoms with E-state index in [1.807, 2.05) is 37.3 Å². The summed E-state index contributed by atoms with van der Waals surface area (Å²) in [6, 6.07) is 9.79. The average Bonchev–Trinajstić information content (AvgIpc) is 3.33. The number of aromatic nitrogens is 2. The fraction of sp³-hybridized carbons (Fsp3) is 0.412. The predicted molar refractivity (Wildman–Crippen MR) is 101 cm³/mol. The highest BCUT2D eigenvalue weighted by molar-refractivity contribution is 8.02. The number of hydrogen-bond donors (Lipinski definition) is 0. The van der Waals surface area contributed by atoms with Gasteiger partial charge in [-0.3, -0.25) is 14.5 Å². The van der Waals surface area contributed by atoms with E-state index >= 15 is 0 Å². The van der Waals surface area contributed by atoms with Crippen LogP contribution in [0.25, 0.3) is 0 Å². The smallest absolute Gasteiger partial charge is 0.240 e. The van der Waals surface area contributed by atoms with Gasteiger partial charge in [0.05, 0.1) is 5.25 Å². The minimum absolute atomic E-state index is 0.00133. The molecule has 1 heterocycles. The summed E-state index contributed by atoms with van der Waals surface area (Å²) in [5, 5.41) is 8.62. The van der Waals surface area contributed by atoms with E-state index < -0.39 is 0 Å². The van der Waals surface area contributed by atoms with Gasteiger partial charge in [0.15, 0.2) is 4.34 Å². The van der Waals surface area contributed by atoms with Crippen molar-refractivity contribution < 1.29 is 9.59 Å². The molecular formula is C17H20N4O2S2. The molecule has 1 unspecified atom stereocenters. The van der Waals surface area contributed by atoms with Gasteiger partial charge in [0.2, 0.25) is 16.9 Å². The molecule has 1 aliphatic rings. The van der Waals surface area contributed by atoms with Crippen molar-refractivity contribution in [2.75, 3.05) is 16.8 Å². The van der Waals surface area contributed by atoms with Crippen LogP contribution >= 0.6 is 23.1 Å². The maximum Gasteiger partial charge on any atom is 0.240 e. The number of rotatable bonds is 6. The van der Waals surface area contributed by atoms with Crippen LogP contribution in [0.5, 0.6) is 0 Å². The maximum atomic E-state index is 12.6. The molecule has 0 radical (unpaired) electrons. The number of para-hydroxylation sites is 1. The molecule has 2 amide bonds. The third-order valence-electron chi connectivity index (χ3n) is 3.95. The molecule has 25 heavy (non-hydrogen) atoms. The normalized spacial score (nSPS) is 14.8. The molecule has 2 aromatic rings. The molecule has 1 saturated carbocycles. The van der Waals surface area contributed by atoms with Crippen LogP contribution in [0.2, 0.25) is 0 Å². The molecule has 1 fully saturated rings. The Morgan fingerprint density at radius 1 is 1.24 bits per heavy atom. The zero-order chi connectivity index (χ0) is 18.0. The Morgan fingerprint density at radius 3 is 2.52 bits per heavy atom. The lowest BCUT2D eigenvalue weighted by molar-refractivity contribution is -0.118. The van der Waals surface area contributed by atoms with Gasteiger partial charge in [0.1, 0.15) is 0 Å². The molecule has 3 rings (SSSR count). The number of benzene rings is 1. The average molecular weight is 377 g/mol. The zero-order valence-corrected chi connectivity index (χ0v) is 16.0. The molecule has 0 aliphatic heterocycles. The third kappa shape index (κ3) is 4.19. The van der Waals surface area contributed by atoms with Crippen molar-refractivity contribution in [1.29, 1.82) is 0 Å². The third-order valence-corrected chi connectivity index (χ3v) is 6.05. The second-order valence-electron chi connectivity index (χ2n) is 5.96. The van der Waals surface area contributed by atoms with E-state index in [4.69, 9.17) is 0 Å². The molecule has 1 atom stereocenters. The molecule has 0 spiro atoms. The summed E-state index contributed by atoms with van der Waals surface area (Å²) < 4.78 is 0.698. The van der Waals surface area contributed by atoms with Gasteiger partial charge in [-0.15, -0.1) is 10.2 Å². The van der Waals surface area contributed by atoms with E-state index in [0.717, 1.165) is 18.5 Å². The van der Waals surface area contributed by atoms with Gasteiger partial charge < -0.3 is 4.90 Å². The minimum Gasteiger partial charge on any atom is -0.315 e. The first kappa shape index (κ1) is 17.9. The molecule has 0 saturated heterocycles. The molecule has 1 aromatic carbocycles. The van der Waals surface area contributed by atoms with Crippen LogP contribution in [0.1, 0.15) is 26.7 Å². The van der Waals surface area contributed by atoms with Crippen LogP contribution in [0.4, 0.5) is 10.8 Å². The van der Waals surface area contributed by atoms with Crippen LogP contribution in [0.15, 0.2) is 34.7 Å². The summed E-state index contributed by atoms with van der Waals surface area (Å²) in [7, 11) is 1.77. The predicted octanol–water partition coefficient (Wildman–Crippen LogP) is 3.20. The van der Waals surface area contributed by atoms with Crippen molar-refractivity contribution >= 4 is 45.7 Å². The summed E-state index contributed by atoms with van der Waals surface area (Å²) in [6.45, 7) is 3.41. The number of nitrogens with zero attached hydrogens (tertiary/aromatic N) is 4. The minimum atomic E-state index is -0.294. The highest BCUT2D eigenvalue weighted by Crippen LogP contribution is 2.37. The zero-order valence-electron chi connectivity index (χ0n) is 14.4. The van der Waals surface area contributed by atoms with Crippen molar-refractivity contribution in [3.63, 3.8) is 0 Å². The SMILES string of the molecule is CC(=O)N(c1nnc(SC(C)C(=O)N(C)c2ccccc2)s1)C1CC1. The Hall–Kier alpha value is -1.93. The van der Waals surface area contributed by atoms with Crippen molar-refractivity contribution in [1.82, 2.24) is 10.2 Å². The number of thioether (sulfide) groups is 1. The number of amides is 2. The molecule has 1 aliphatic carbocycles. The van der Waals surface area contributed by atoms with E-state index in [1.165, 1.54) is 23.1 Å². The standard InChI is InChI=1S/C17H20N4O2S2/c1-11(15(23)20(3)13-7-5-4-6-8-13)24-17-19-18-16(25-17)21(12(2)22)14-9-10-14/h4-8,11,14H,9-10H2,1-3H3. The lowest BCUT2D eigenvalue weighted by atomic mass is 10.3. The van der Waals surface area contributed by atoms with Crippen LogP contribution in [-0.4, -0.2) is 40.4 Å². The van der Waals surface area contributed by atoms with E-state index in [0.29, 0.717) is 9.47 Å². The van der Waals surface area contributed by atoms with Gasteiger partial charge in [-0.05, 0) is 31.9 Å². The van der Waals surface area contributed by atoms with Crippen LogP contribution in [-0.2, 0) is 9.59 Å². The van der Waals surface area contributed by atoms with Gasteiger partial charge in [0, 0.05) is 25.7 Å². The monoisotopic (exact) mass is 376 g/mol. The number of carbonyl (C=O) groups is 2. The van der Waals surface area contributed by atoms with E-state index in [2.05, 4.69) is 10.2 Å². The van der Waals surface area contributed by atoms with E-state index in [-0.39, 0.29) is 23.1 Å². The molecule has 0 N–H and O–H groups in total. The second kappa shape index (κ2) is 7.53. The maximum absolute atomic E-state index is 12.6. The molecule has 0 bridgehead atoms. The summed E-state index contributed by atoms with van der Waals surface area (Å²) >= 11 is 2.74. The first-order valence-corrected chi connectivity index (χ1v) is 9.79. The number of carbonyl (C=O) groups excluding carboxylic acids is 2. The molecule has 132 valence electrons. The fourth-order valence-corrected chi connectivity index (χ4v) is 4.68. The van der Waals surface area contributed by atoms with Gasteiger partial charge in [-0.1, -0.05) is 41.3 Å². The summed E-state index contributed by atoms with van der Waals surface area (Å²) in [5.74, 6) is -0.0123. The van der Waals surface area contributed by atoms with Crippen molar-refractivity contribution in [2.24, 2.45) is 0 Å². The Bertz CT molecular complexity index is 761. The van der Waals surface area contributed by atoms with Crippen LogP contribution < -0.4 is 9.80 Å². The number of hydrogen-bond acceptors (Lipinski definition) is 6. The highest BCUT2D eigenvalue weighted by Gasteiger charge is 2.34. The van der Waals surface area contributed by atoms with Crippen LogP contribution in [0, 0.1) is 0 Å². The molecule has 1 aromatic heterocycles. The van der Waals surface area contributed by atoms with Gasteiger partial charge in [-0.25, -0.2) is 0 Å². The van der Waals surface area contributed by atoms with Gasteiger partial charge in [0.25, 0.3) is 0 Å². The van der Waals surface area contributed by atoms with E-state index in [9.17, 15) is 9.59 Å². The largest absolute Gasteiger partial charge is 0.315 e. The van der Waals surface area contributed by atoms with E-state index in [1.54, 1.807) is 23.8 Å². The summed E-state index contributed by atoms with van der Waals surface area (Å²) in [4.78, 5) is 27.8. The number of anilines is 2. The lowest BCUT2D eigenvalue weighted by Crippen LogP contribution is -2.33. The Labute approximate surface area is 155 Å². The van der Waals surface area contributed by atoms with Crippen molar-refractivity contribution in [2.45, 2.75) is 42.3 Å². The van der Waals surface area contributed by atoms with Gasteiger partial charge in [-0.2, -0.15) is 0 Å². The lowest BCUT2D eigenvalue weighted by Gasteiger charge is -2.20. The Morgan fingerprint density at radius 2 is 1.92 bits per heavy atom. The van der Waals surface area contributed by atoms with Crippen LogP contribution in [0.3, 0.4) is 0 Å². The van der Waals surface area contributed by atoms with Crippen molar-refractivity contribution in [3.05, 3.63) is 30.3 Å². The summed E-state index contributed by atoms with van der Waals surface area (Å²) in [6.07, 6.45) is 2.02. The molecule has 8 heteroatoms. The fourth-order valence-electron chi connectivity index (χ4n) is 2.48. The van der Waals surface area contributed by atoms with Gasteiger partial charge >= 0.3 is 0 Å². The van der Waals surface area contributed by atoms with Crippen molar-refractivity contribution in [3.8, 4) is 0 Å². The second-order valence-corrected chi connectivity index (χ2v) is 8.51.